The zero-order valence-corrected chi connectivity index (χ0v) is 12.0. The SMILES string of the molecule is CN1CCCC(OC(=O)c2ccccc2I)C1. The first-order valence-electron chi connectivity index (χ1n) is 5.81. The molecule has 0 radical (unpaired) electrons. The van der Waals surface area contributed by atoms with Crippen LogP contribution < -0.4 is 0 Å². The first kappa shape index (κ1) is 12.8. The maximum absolute atomic E-state index is 12.0. The molecule has 3 nitrogen and oxygen atoms in total. The standard InChI is InChI=1S/C13H16INO2/c1-15-8-4-5-10(9-15)17-13(16)11-6-2-3-7-12(11)14/h2-3,6-7,10H,4-5,8-9H2,1H3. The molecule has 1 aromatic carbocycles. The molecule has 1 saturated heterocycles. The van der Waals surface area contributed by atoms with Crippen LogP contribution in [0.4, 0.5) is 0 Å². The van der Waals surface area contributed by atoms with Gasteiger partial charge >= 0.3 is 5.97 Å². The molecule has 2 rings (SSSR count). The molecule has 1 heterocycles. The van der Waals surface area contributed by atoms with Crippen LogP contribution in [0.2, 0.25) is 0 Å². The molecular weight excluding hydrogens is 329 g/mol. The largest absolute Gasteiger partial charge is 0.457 e. The summed E-state index contributed by atoms with van der Waals surface area (Å²) in [5.41, 5.74) is 0.668. The van der Waals surface area contributed by atoms with Crippen LogP contribution >= 0.6 is 22.6 Å². The van der Waals surface area contributed by atoms with E-state index in [4.69, 9.17) is 4.74 Å². The minimum Gasteiger partial charge on any atom is -0.457 e. The van der Waals surface area contributed by atoms with Crippen molar-refractivity contribution >= 4 is 28.6 Å². The number of ether oxygens (including phenoxy) is 1. The van der Waals surface area contributed by atoms with Gasteiger partial charge in [-0.2, -0.15) is 0 Å². The first-order valence-corrected chi connectivity index (χ1v) is 6.89. The van der Waals surface area contributed by atoms with Gasteiger partial charge in [-0.25, -0.2) is 4.79 Å². The van der Waals surface area contributed by atoms with E-state index < -0.39 is 0 Å². The number of likely N-dealkylation sites (N-methyl/N-ethyl adjacent to an activating group) is 1. The Bertz CT molecular complexity index is 408. The van der Waals surface area contributed by atoms with Crippen LogP contribution in [0, 0.1) is 3.57 Å². The third kappa shape index (κ3) is 3.42. The molecule has 1 aromatic rings. The zero-order chi connectivity index (χ0) is 12.3. The molecule has 0 bridgehead atoms. The summed E-state index contributed by atoms with van der Waals surface area (Å²) in [7, 11) is 2.06. The molecule has 1 fully saturated rings. The molecule has 0 N–H and O–H groups in total. The van der Waals surface area contributed by atoms with Crippen LogP contribution in [0.15, 0.2) is 24.3 Å². The molecule has 17 heavy (non-hydrogen) atoms. The second-order valence-corrected chi connectivity index (χ2v) is 5.57. The summed E-state index contributed by atoms with van der Waals surface area (Å²) in [5.74, 6) is -0.199. The number of carbonyl (C=O) groups excluding carboxylic acids is 1. The lowest BCUT2D eigenvalue weighted by Gasteiger charge is -2.29. The average molecular weight is 345 g/mol. The van der Waals surface area contributed by atoms with Crippen LogP contribution in [0.25, 0.3) is 0 Å². The van der Waals surface area contributed by atoms with Gasteiger partial charge in [-0.05, 0) is 61.2 Å². The molecule has 4 heteroatoms. The number of likely N-dealkylation sites (tertiary alicyclic amines) is 1. The Hall–Kier alpha value is -0.620. The van der Waals surface area contributed by atoms with E-state index in [0.717, 1.165) is 29.5 Å². The van der Waals surface area contributed by atoms with Crippen LogP contribution in [0.1, 0.15) is 23.2 Å². The molecule has 1 atom stereocenters. The second-order valence-electron chi connectivity index (χ2n) is 4.41. The number of esters is 1. The van der Waals surface area contributed by atoms with Gasteiger partial charge in [0.2, 0.25) is 0 Å². The highest BCUT2D eigenvalue weighted by molar-refractivity contribution is 14.1. The number of carbonyl (C=O) groups is 1. The van der Waals surface area contributed by atoms with E-state index in [2.05, 4.69) is 34.5 Å². The van der Waals surface area contributed by atoms with Crippen molar-refractivity contribution in [3.63, 3.8) is 0 Å². The third-order valence-electron chi connectivity index (χ3n) is 2.95. The fourth-order valence-corrected chi connectivity index (χ4v) is 2.66. The van der Waals surface area contributed by atoms with E-state index >= 15 is 0 Å². The number of halogens is 1. The summed E-state index contributed by atoms with van der Waals surface area (Å²) in [6.07, 6.45) is 2.11. The number of hydrogen-bond donors (Lipinski definition) is 0. The monoisotopic (exact) mass is 345 g/mol. The molecular formula is C13H16INO2. The van der Waals surface area contributed by atoms with Gasteiger partial charge in [0, 0.05) is 10.1 Å². The highest BCUT2D eigenvalue weighted by Gasteiger charge is 2.22. The van der Waals surface area contributed by atoms with Crippen LogP contribution in [-0.4, -0.2) is 37.1 Å². The Kier molecular flexibility index (Phi) is 4.39. The number of hydrogen-bond acceptors (Lipinski definition) is 3. The van der Waals surface area contributed by atoms with E-state index in [1.54, 1.807) is 0 Å². The van der Waals surface area contributed by atoms with Gasteiger partial charge in [-0.3, -0.25) is 0 Å². The van der Waals surface area contributed by atoms with E-state index in [-0.39, 0.29) is 12.1 Å². The molecule has 1 unspecified atom stereocenters. The van der Waals surface area contributed by atoms with Crippen molar-refractivity contribution in [1.29, 1.82) is 0 Å². The Morgan fingerprint density at radius 1 is 1.47 bits per heavy atom. The van der Waals surface area contributed by atoms with Gasteiger partial charge in [-0.1, -0.05) is 12.1 Å². The van der Waals surface area contributed by atoms with Crippen molar-refractivity contribution in [3.8, 4) is 0 Å². The Balaban J connectivity index is 1.99. The summed E-state index contributed by atoms with van der Waals surface area (Å²) >= 11 is 2.16. The van der Waals surface area contributed by atoms with Gasteiger partial charge in [0.15, 0.2) is 0 Å². The fourth-order valence-electron chi connectivity index (χ4n) is 2.06. The Morgan fingerprint density at radius 3 is 2.94 bits per heavy atom. The minimum atomic E-state index is -0.199. The molecule has 0 aromatic heterocycles. The van der Waals surface area contributed by atoms with Gasteiger partial charge in [-0.15, -0.1) is 0 Å². The molecule has 92 valence electrons. The molecule has 1 aliphatic heterocycles. The average Bonchev–Trinajstić information content (AvgIpc) is 2.29. The number of nitrogens with zero attached hydrogens (tertiary/aromatic N) is 1. The maximum atomic E-state index is 12.0. The molecule has 0 spiro atoms. The molecule has 1 aliphatic rings. The van der Waals surface area contributed by atoms with Crippen LogP contribution in [-0.2, 0) is 4.74 Å². The number of benzene rings is 1. The summed E-state index contributed by atoms with van der Waals surface area (Å²) in [5, 5.41) is 0. The summed E-state index contributed by atoms with van der Waals surface area (Å²) in [4.78, 5) is 14.2. The Morgan fingerprint density at radius 2 is 2.24 bits per heavy atom. The highest BCUT2D eigenvalue weighted by atomic mass is 127. The fraction of sp³-hybridized carbons (Fsp3) is 0.462. The van der Waals surface area contributed by atoms with Gasteiger partial charge in [0.05, 0.1) is 5.56 Å². The lowest BCUT2D eigenvalue weighted by Crippen LogP contribution is -2.38. The smallest absolute Gasteiger partial charge is 0.339 e. The summed E-state index contributed by atoms with van der Waals surface area (Å²) in [6.45, 7) is 1.94. The van der Waals surface area contributed by atoms with Crippen molar-refractivity contribution in [2.45, 2.75) is 18.9 Å². The van der Waals surface area contributed by atoms with E-state index in [0.29, 0.717) is 5.56 Å². The maximum Gasteiger partial charge on any atom is 0.339 e. The number of piperidine rings is 1. The summed E-state index contributed by atoms with van der Waals surface area (Å²) in [6, 6.07) is 7.53. The lowest BCUT2D eigenvalue weighted by molar-refractivity contribution is 0.0107. The first-order chi connectivity index (χ1) is 8.16. The predicted octanol–water partition coefficient (Wildman–Crippen LogP) is 2.54. The number of rotatable bonds is 2. The molecule has 0 amide bonds. The third-order valence-corrected chi connectivity index (χ3v) is 3.89. The Labute approximate surface area is 115 Å². The molecule has 0 saturated carbocycles. The highest BCUT2D eigenvalue weighted by Crippen LogP contribution is 2.17. The lowest BCUT2D eigenvalue weighted by atomic mass is 10.1. The predicted molar refractivity (Wildman–Crippen MR) is 75.1 cm³/mol. The van der Waals surface area contributed by atoms with E-state index in [9.17, 15) is 4.79 Å². The van der Waals surface area contributed by atoms with Crippen molar-refractivity contribution in [2.75, 3.05) is 20.1 Å². The van der Waals surface area contributed by atoms with Crippen molar-refractivity contribution in [2.24, 2.45) is 0 Å². The quantitative estimate of drug-likeness (QED) is 0.610. The van der Waals surface area contributed by atoms with E-state index in [1.165, 1.54) is 0 Å². The normalized spacial score (nSPS) is 21.2. The molecule has 0 aliphatic carbocycles. The van der Waals surface area contributed by atoms with Gasteiger partial charge in [0.1, 0.15) is 6.10 Å². The van der Waals surface area contributed by atoms with Crippen molar-refractivity contribution < 1.29 is 9.53 Å². The minimum absolute atomic E-state index is 0.0391. The van der Waals surface area contributed by atoms with E-state index in [1.807, 2.05) is 24.3 Å². The van der Waals surface area contributed by atoms with Gasteiger partial charge < -0.3 is 9.64 Å². The van der Waals surface area contributed by atoms with Crippen LogP contribution in [0.3, 0.4) is 0 Å². The zero-order valence-electron chi connectivity index (χ0n) is 9.86. The second kappa shape index (κ2) is 5.82. The van der Waals surface area contributed by atoms with Gasteiger partial charge in [0.25, 0.3) is 0 Å². The van der Waals surface area contributed by atoms with Crippen molar-refractivity contribution in [3.05, 3.63) is 33.4 Å². The topological polar surface area (TPSA) is 29.5 Å². The van der Waals surface area contributed by atoms with Crippen LogP contribution in [0.5, 0.6) is 0 Å². The van der Waals surface area contributed by atoms with Crippen molar-refractivity contribution in [1.82, 2.24) is 4.90 Å². The summed E-state index contributed by atoms with van der Waals surface area (Å²) < 4.78 is 6.49.